The van der Waals surface area contributed by atoms with Gasteiger partial charge in [-0.2, -0.15) is 0 Å². The van der Waals surface area contributed by atoms with Crippen molar-refractivity contribution in [2.24, 2.45) is 0 Å². The number of nitrogens with one attached hydrogen (secondary N) is 1. The number of likely N-dealkylation sites (N-methyl/N-ethyl adjacent to an activating group) is 2. The van der Waals surface area contributed by atoms with E-state index in [4.69, 9.17) is 0 Å². The van der Waals surface area contributed by atoms with Gasteiger partial charge in [-0.25, -0.2) is 0 Å². The molecule has 0 spiro atoms. The van der Waals surface area contributed by atoms with E-state index in [2.05, 4.69) is 51.8 Å². The lowest BCUT2D eigenvalue weighted by Gasteiger charge is -2.44. The first-order valence-electron chi connectivity index (χ1n) is 9.02. The van der Waals surface area contributed by atoms with Crippen molar-refractivity contribution in [3.8, 4) is 0 Å². The van der Waals surface area contributed by atoms with Gasteiger partial charge in [-0.3, -0.25) is 4.90 Å². The Hall–Kier alpha value is -0.0800. The number of hydrogen-bond donors (Lipinski definition) is 1. The van der Waals surface area contributed by atoms with Gasteiger partial charge in [0, 0.05) is 11.6 Å². The van der Waals surface area contributed by atoms with Crippen LogP contribution in [0.2, 0.25) is 0 Å². The van der Waals surface area contributed by atoms with E-state index in [1.54, 1.807) is 0 Å². The average Bonchev–Trinajstić information content (AvgIpc) is 2.42. The Balaban J connectivity index is 4.26. The molecule has 0 bridgehead atoms. The van der Waals surface area contributed by atoms with E-state index in [-0.39, 0.29) is 5.54 Å². The van der Waals surface area contributed by atoms with Crippen LogP contribution < -0.4 is 5.32 Å². The van der Waals surface area contributed by atoms with Crippen LogP contribution in [-0.2, 0) is 0 Å². The van der Waals surface area contributed by atoms with Crippen LogP contribution in [0, 0.1) is 0 Å². The maximum absolute atomic E-state index is 3.73. The van der Waals surface area contributed by atoms with Crippen LogP contribution >= 0.6 is 0 Å². The van der Waals surface area contributed by atoms with Gasteiger partial charge < -0.3 is 5.32 Å². The molecule has 0 aromatic heterocycles. The Labute approximate surface area is 128 Å². The summed E-state index contributed by atoms with van der Waals surface area (Å²) in [5.41, 5.74) is 0.253. The minimum Gasteiger partial charge on any atom is -0.312 e. The van der Waals surface area contributed by atoms with Gasteiger partial charge in [0.1, 0.15) is 0 Å². The molecule has 0 rings (SSSR count). The minimum absolute atomic E-state index is 0.253. The molecule has 1 N–H and O–H groups in total. The van der Waals surface area contributed by atoms with Crippen molar-refractivity contribution in [1.29, 1.82) is 0 Å². The number of nitrogens with zero attached hydrogens (tertiary/aromatic N) is 1. The highest BCUT2D eigenvalue weighted by Gasteiger charge is 2.32. The molecule has 0 aliphatic rings. The largest absolute Gasteiger partial charge is 0.312 e. The summed E-state index contributed by atoms with van der Waals surface area (Å²) in [5.74, 6) is 0. The maximum Gasteiger partial charge on any atom is 0.0306 e. The fraction of sp³-hybridized carbons (Fsp3) is 1.00. The third-order valence-electron chi connectivity index (χ3n) is 4.73. The van der Waals surface area contributed by atoms with Crippen LogP contribution in [0.25, 0.3) is 0 Å². The molecule has 1 unspecified atom stereocenters. The van der Waals surface area contributed by atoms with Crippen molar-refractivity contribution < 1.29 is 0 Å². The van der Waals surface area contributed by atoms with Crippen LogP contribution in [0.5, 0.6) is 0 Å². The molecule has 0 radical (unpaired) electrons. The maximum atomic E-state index is 3.73. The lowest BCUT2D eigenvalue weighted by Crippen LogP contribution is -2.57. The Kier molecular flexibility index (Phi) is 11.5. The summed E-state index contributed by atoms with van der Waals surface area (Å²) in [6.45, 7) is 17.2. The first-order chi connectivity index (χ1) is 9.54. The standard InChI is InChI=1S/C18H40N2/c1-7-11-12-13-14-15-16-17(19-8-2)18(5,6)20(9-3)10-4/h17,19H,7-16H2,1-6H3. The molecule has 2 heteroatoms. The molecule has 0 saturated heterocycles. The van der Waals surface area contributed by atoms with Crippen molar-refractivity contribution in [3.05, 3.63) is 0 Å². The monoisotopic (exact) mass is 284 g/mol. The zero-order valence-corrected chi connectivity index (χ0v) is 15.1. The van der Waals surface area contributed by atoms with E-state index in [0.29, 0.717) is 6.04 Å². The van der Waals surface area contributed by atoms with Crippen molar-refractivity contribution in [1.82, 2.24) is 10.2 Å². The molecule has 0 aromatic rings. The Bertz CT molecular complexity index is 209. The second kappa shape index (κ2) is 11.6. The molecule has 0 amide bonds. The van der Waals surface area contributed by atoms with Crippen molar-refractivity contribution in [3.63, 3.8) is 0 Å². The summed E-state index contributed by atoms with van der Waals surface area (Å²) in [6, 6.07) is 0.610. The zero-order valence-electron chi connectivity index (χ0n) is 15.1. The first-order valence-corrected chi connectivity index (χ1v) is 9.02. The quantitative estimate of drug-likeness (QED) is 0.487. The molecule has 0 aliphatic carbocycles. The van der Waals surface area contributed by atoms with Crippen LogP contribution in [-0.4, -0.2) is 36.1 Å². The molecule has 0 heterocycles. The third kappa shape index (κ3) is 7.08. The Morgan fingerprint density at radius 1 is 0.850 bits per heavy atom. The smallest absolute Gasteiger partial charge is 0.0306 e. The lowest BCUT2D eigenvalue weighted by atomic mass is 9.88. The van der Waals surface area contributed by atoms with E-state index in [1.807, 2.05) is 0 Å². The highest BCUT2D eigenvalue weighted by atomic mass is 15.2. The highest BCUT2D eigenvalue weighted by molar-refractivity contribution is 4.92. The van der Waals surface area contributed by atoms with E-state index in [0.717, 1.165) is 19.6 Å². The summed E-state index contributed by atoms with van der Waals surface area (Å²) >= 11 is 0. The average molecular weight is 285 g/mol. The van der Waals surface area contributed by atoms with Crippen molar-refractivity contribution in [2.45, 2.75) is 98.1 Å². The second-order valence-corrected chi connectivity index (χ2v) is 6.49. The van der Waals surface area contributed by atoms with Gasteiger partial charge in [0.25, 0.3) is 0 Å². The van der Waals surface area contributed by atoms with Crippen molar-refractivity contribution in [2.75, 3.05) is 19.6 Å². The van der Waals surface area contributed by atoms with E-state index < -0.39 is 0 Å². The Morgan fingerprint density at radius 2 is 1.40 bits per heavy atom. The Morgan fingerprint density at radius 3 is 1.90 bits per heavy atom. The fourth-order valence-corrected chi connectivity index (χ4v) is 3.34. The minimum atomic E-state index is 0.253. The highest BCUT2D eigenvalue weighted by Crippen LogP contribution is 2.23. The summed E-state index contributed by atoms with van der Waals surface area (Å²) in [4.78, 5) is 2.59. The van der Waals surface area contributed by atoms with Gasteiger partial charge in [0.05, 0.1) is 0 Å². The summed E-state index contributed by atoms with van der Waals surface area (Å²) in [5, 5.41) is 3.73. The van der Waals surface area contributed by atoms with Crippen molar-refractivity contribution >= 4 is 0 Å². The topological polar surface area (TPSA) is 15.3 Å². The van der Waals surface area contributed by atoms with E-state index >= 15 is 0 Å². The fourth-order valence-electron chi connectivity index (χ4n) is 3.34. The molecule has 20 heavy (non-hydrogen) atoms. The van der Waals surface area contributed by atoms with Gasteiger partial charge in [0.15, 0.2) is 0 Å². The van der Waals surface area contributed by atoms with Gasteiger partial charge in [-0.1, -0.05) is 66.2 Å². The van der Waals surface area contributed by atoms with Gasteiger partial charge in [-0.05, 0) is 39.9 Å². The summed E-state index contributed by atoms with van der Waals surface area (Å²) < 4.78 is 0. The van der Waals surface area contributed by atoms with Crippen LogP contribution in [0.3, 0.4) is 0 Å². The molecule has 0 fully saturated rings. The number of rotatable bonds is 13. The van der Waals surface area contributed by atoms with E-state index in [9.17, 15) is 0 Å². The lowest BCUT2D eigenvalue weighted by molar-refractivity contribution is 0.0869. The van der Waals surface area contributed by atoms with Gasteiger partial charge in [0.2, 0.25) is 0 Å². The predicted octanol–water partition coefficient (Wildman–Crippen LogP) is 4.84. The predicted molar refractivity (Wildman–Crippen MR) is 92.5 cm³/mol. The molecular formula is C18H40N2. The number of unbranched alkanes of at least 4 members (excludes halogenated alkanes) is 5. The van der Waals surface area contributed by atoms with Crippen LogP contribution in [0.15, 0.2) is 0 Å². The first kappa shape index (κ1) is 19.9. The van der Waals surface area contributed by atoms with Gasteiger partial charge >= 0.3 is 0 Å². The molecule has 0 aromatic carbocycles. The van der Waals surface area contributed by atoms with E-state index in [1.165, 1.54) is 44.9 Å². The van der Waals surface area contributed by atoms with Gasteiger partial charge in [-0.15, -0.1) is 0 Å². The molecule has 0 aliphatic heterocycles. The zero-order chi connectivity index (χ0) is 15.4. The normalized spacial score (nSPS) is 13.9. The summed E-state index contributed by atoms with van der Waals surface area (Å²) in [6.07, 6.45) is 9.66. The SMILES string of the molecule is CCCCCCCCC(NCC)C(C)(C)N(CC)CC. The molecule has 2 nitrogen and oxygen atoms in total. The number of hydrogen-bond acceptors (Lipinski definition) is 2. The van der Waals surface area contributed by atoms with Crippen LogP contribution in [0.4, 0.5) is 0 Å². The molecule has 1 atom stereocenters. The molecule has 122 valence electrons. The van der Waals surface area contributed by atoms with Crippen LogP contribution in [0.1, 0.15) is 86.5 Å². The molecule has 0 saturated carbocycles. The third-order valence-corrected chi connectivity index (χ3v) is 4.73. The second-order valence-electron chi connectivity index (χ2n) is 6.49. The molecular weight excluding hydrogens is 244 g/mol. The summed E-state index contributed by atoms with van der Waals surface area (Å²) in [7, 11) is 0.